The van der Waals surface area contributed by atoms with Crippen LogP contribution in [0, 0.1) is 0 Å². The molecule has 28 heavy (non-hydrogen) atoms. The van der Waals surface area contributed by atoms with Gasteiger partial charge in [0.15, 0.2) is 5.96 Å². The quantitative estimate of drug-likeness (QED) is 0.432. The molecule has 154 valence electrons. The Kier molecular flexibility index (Phi) is 8.54. The van der Waals surface area contributed by atoms with Crippen molar-refractivity contribution in [1.29, 1.82) is 0 Å². The molecule has 1 atom stereocenters. The summed E-state index contributed by atoms with van der Waals surface area (Å²) in [7, 11) is 0. The smallest absolute Gasteiger partial charge is 0.191 e. The fourth-order valence-corrected chi connectivity index (χ4v) is 2.90. The predicted molar refractivity (Wildman–Crippen MR) is 114 cm³/mol. The van der Waals surface area contributed by atoms with Crippen LogP contribution in [0.3, 0.4) is 0 Å². The number of furan rings is 1. The molecule has 0 aliphatic heterocycles. The predicted octanol–water partition coefficient (Wildman–Crippen LogP) is 3.08. The standard InChI is InChI=1S/C22H34N4O2/c1-5-23-21(25-17-22(4,27)20-9-8-14-28-20)24-15-18-10-12-19(13-11-18)16-26(6-2)7-3/h8-14,27H,5-7,15-17H2,1-4H3,(H2,23,24,25). The Morgan fingerprint density at radius 3 is 2.32 bits per heavy atom. The lowest BCUT2D eigenvalue weighted by Crippen LogP contribution is -2.44. The van der Waals surface area contributed by atoms with Gasteiger partial charge in [-0.1, -0.05) is 38.1 Å². The highest BCUT2D eigenvalue weighted by atomic mass is 16.4. The van der Waals surface area contributed by atoms with Gasteiger partial charge in [-0.25, -0.2) is 4.99 Å². The third kappa shape index (κ3) is 6.69. The van der Waals surface area contributed by atoms with E-state index in [0.29, 0.717) is 24.8 Å². The minimum Gasteiger partial charge on any atom is -0.466 e. The summed E-state index contributed by atoms with van der Waals surface area (Å²) in [4.78, 5) is 7.03. The van der Waals surface area contributed by atoms with Crippen LogP contribution in [0.5, 0.6) is 0 Å². The first-order chi connectivity index (χ1) is 13.5. The van der Waals surface area contributed by atoms with E-state index in [1.54, 1.807) is 25.3 Å². The highest BCUT2D eigenvalue weighted by molar-refractivity contribution is 5.79. The topological polar surface area (TPSA) is 73.0 Å². The third-order valence-corrected chi connectivity index (χ3v) is 4.74. The Morgan fingerprint density at radius 2 is 1.75 bits per heavy atom. The van der Waals surface area contributed by atoms with Gasteiger partial charge < -0.3 is 20.2 Å². The minimum absolute atomic E-state index is 0.301. The van der Waals surface area contributed by atoms with Gasteiger partial charge in [-0.05, 0) is 50.2 Å². The fourth-order valence-electron chi connectivity index (χ4n) is 2.90. The highest BCUT2D eigenvalue weighted by Crippen LogP contribution is 2.19. The average molecular weight is 387 g/mol. The minimum atomic E-state index is -1.11. The molecule has 0 amide bonds. The van der Waals surface area contributed by atoms with Crippen molar-refractivity contribution >= 4 is 5.96 Å². The van der Waals surface area contributed by atoms with E-state index in [1.807, 2.05) is 6.92 Å². The molecule has 6 heteroatoms. The lowest BCUT2D eigenvalue weighted by atomic mass is 10.0. The van der Waals surface area contributed by atoms with Crippen molar-refractivity contribution in [3.05, 3.63) is 59.5 Å². The number of rotatable bonds is 10. The summed E-state index contributed by atoms with van der Waals surface area (Å²) in [5, 5.41) is 17.0. The summed E-state index contributed by atoms with van der Waals surface area (Å²) in [6.07, 6.45) is 1.56. The number of aliphatic imine (C=N–C) groups is 1. The molecule has 0 radical (unpaired) electrons. The number of nitrogens with one attached hydrogen (secondary N) is 2. The molecule has 1 heterocycles. The zero-order chi connectivity index (χ0) is 20.4. The van der Waals surface area contributed by atoms with Crippen molar-refractivity contribution in [2.45, 2.75) is 46.4 Å². The van der Waals surface area contributed by atoms with Crippen molar-refractivity contribution in [1.82, 2.24) is 15.5 Å². The lowest BCUT2D eigenvalue weighted by molar-refractivity contribution is 0.0386. The van der Waals surface area contributed by atoms with Crippen LogP contribution < -0.4 is 10.6 Å². The van der Waals surface area contributed by atoms with Gasteiger partial charge in [0.2, 0.25) is 0 Å². The van der Waals surface area contributed by atoms with Crippen LogP contribution in [0.25, 0.3) is 0 Å². The van der Waals surface area contributed by atoms with Gasteiger partial charge in [0.1, 0.15) is 11.4 Å². The molecule has 2 aromatic rings. The Hall–Kier alpha value is -2.31. The van der Waals surface area contributed by atoms with Crippen LogP contribution in [-0.2, 0) is 18.7 Å². The normalized spacial score (nSPS) is 14.1. The van der Waals surface area contributed by atoms with Crippen LogP contribution in [-0.4, -0.2) is 42.1 Å². The molecule has 0 fully saturated rings. The van der Waals surface area contributed by atoms with E-state index in [9.17, 15) is 5.11 Å². The Labute approximate surface area is 168 Å². The van der Waals surface area contributed by atoms with Crippen LogP contribution in [0.15, 0.2) is 52.1 Å². The molecular weight excluding hydrogens is 352 g/mol. The molecule has 6 nitrogen and oxygen atoms in total. The number of hydrogen-bond acceptors (Lipinski definition) is 4. The Morgan fingerprint density at radius 1 is 1.07 bits per heavy atom. The number of hydrogen-bond donors (Lipinski definition) is 3. The molecule has 1 aromatic carbocycles. The van der Waals surface area contributed by atoms with Crippen LogP contribution >= 0.6 is 0 Å². The number of benzene rings is 1. The summed E-state index contributed by atoms with van der Waals surface area (Å²) in [6, 6.07) is 12.1. The van der Waals surface area contributed by atoms with Gasteiger partial charge in [0.05, 0.1) is 19.4 Å². The molecule has 0 bridgehead atoms. The van der Waals surface area contributed by atoms with Crippen LogP contribution in [0.2, 0.25) is 0 Å². The second kappa shape index (κ2) is 10.9. The molecule has 0 aliphatic carbocycles. The van der Waals surface area contributed by atoms with E-state index in [0.717, 1.165) is 31.7 Å². The molecule has 2 rings (SSSR count). The van der Waals surface area contributed by atoms with E-state index < -0.39 is 5.60 Å². The van der Waals surface area contributed by atoms with Crippen LogP contribution in [0.4, 0.5) is 0 Å². The first kappa shape index (κ1) is 22.0. The molecule has 0 aliphatic rings. The largest absolute Gasteiger partial charge is 0.466 e. The van der Waals surface area contributed by atoms with Gasteiger partial charge in [0, 0.05) is 13.1 Å². The maximum absolute atomic E-state index is 10.6. The van der Waals surface area contributed by atoms with E-state index in [1.165, 1.54) is 5.56 Å². The zero-order valence-corrected chi connectivity index (χ0v) is 17.5. The van der Waals surface area contributed by atoms with Gasteiger partial charge in [-0.15, -0.1) is 0 Å². The third-order valence-electron chi connectivity index (χ3n) is 4.74. The summed E-state index contributed by atoms with van der Waals surface area (Å²) >= 11 is 0. The monoisotopic (exact) mass is 386 g/mol. The van der Waals surface area contributed by atoms with Gasteiger partial charge in [0.25, 0.3) is 0 Å². The molecular formula is C22H34N4O2. The number of guanidine groups is 1. The van der Waals surface area contributed by atoms with E-state index in [-0.39, 0.29) is 0 Å². The van der Waals surface area contributed by atoms with E-state index in [4.69, 9.17) is 4.42 Å². The van der Waals surface area contributed by atoms with Gasteiger partial charge >= 0.3 is 0 Å². The molecule has 0 saturated heterocycles. The zero-order valence-electron chi connectivity index (χ0n) is 17.5. The molecule has 1 unspecified atom stereocenters. The first-order valence-corrected chi connectivity index (χ1v) is 10.1. The first-order valence-electron chi connectivity index (χ1n) is 10.1. The summed E-state index contributed by atoms with van der Waals surface area (Å²) in [6.45, 7) is 12.8. The second-order valence-electron chi connectivity index (χ2n) is 7.08. The fraction of sp³-hybridized carbons (Fsp3) is 0.500. The summed E-state index contributed by atoms with van der Waals surface area (Å²) in [5.41, 5.74) is 1.36. The maximum atomic E-state index is 10.6. The molecule has 1 aromatic heterocycles. The van der Waals surface area contributed by atoms with Crippen LogP contribution in [0.1, 0.15) is 44.6 Å². The molecule has 0 saturated carbocycles. The maximum Gasteiger partial charge on any atom is 0.191 e. The number of nitrogens with zero attached hydrogens (tertiary/aromatic N) is 2. The second-order valence-corrected chi connectivity index (χ2v) is 7.08. The van der Waals surface area contributed by atoms with Gasteiger partial charge in [-0.3, -0.25) is 4.90 Å². The highest BCUT2D eigenvalue weighted by Gasteiger charge is 2.26. The van der Waals surface area contributed by atoms with Crippen molar-refractivity contribution in [3.63, 3.8) is 0 Å². The number of aliphatic hydroxyl groups is 1. The lowest BCUT2D eigenvalue weighted by Gasteiger charge is -2.22. The van der Waals surface area contributed by atoms with Gasteiger partial charge in [-0.2, -0.15) is 0 Å². The van der Waals surface area contributed by atoms with Crippen molar-refractivity contribution in [3.8, 4) is 0 Å². The van der Waals surface area contributed by atoms with E-state index >= 15 is 0 Å². The van der Waals surface area contributed by atoms with Crippen molar-refractivity contribution in [2.75, 3.05) is 26.2 Å². The van der Waals surface area contributed by atoms with Crippen molar-refractivity contribution in [2.24, 2.45) is 4.99 Å². The summed E-state index contributed by atoms with van der Waals surface area (Å²) in [5.74, 6) is 1.20. The molecule has 0 spiro atoms. The molecule has 3 N–H and O–H groups in total. The SMILES string of the molecule is CCNC(=NCc1ccc(CN(CC)CC)cc1)NCC(C)(O)c1ccco1. The Bertz CT molecular complexity index is 705. The van der Waals surface area contributed by atoms with Crippen molar-refractivity contribution < 1.29 is 9.52 Å². The average Bonchev–Trinajstić information content (AvgIpc) is 3.25. The Balaban J connectivity index is 1.94. The summed E-state index contributed by atoms with van der Waals surface area (Å²) < 4.78 is 5.32. The van der Waals surface area contributed by atoms with E-state index in [2.05, 4.69) is 58.6 Å².